The number of amides is 1. The van der Waals surface area contributed by atoms with Gasteiger partial charge in [0.1, 0.15) is 5.75 Å². The number of carbonyl (C=O) groups is 2. The molecule has 0 heterocycles. The van der Waals surface area contributed by atoms with Crippen LogP contribution in [-0.2, 0) is 14.3 Å². The second kappa shape index (κ2) is 11.0. The van der Waals surface area contributed by atoms with Crippen molar-refractivity contribution in [1.29, 1.82) is 0 Å². The summed E-state index contributed by atoms with van der Waals surface area (Å²) in [5, 5.41) is 4.81. The standard InChI is InChI=1S/C18H24Cl2N2O4/c1-5-7-14(18(24)25-6-2)11(3)21-22-17(23)12(4)26-16-9-8-13(19)10-15(16)20/h8-10,12,14H,5-7H2,1-4H3,(H,22,23)/b21-11+/t12-,14+/m1/s1. The van der Waals surface area contributed by atoms with Crippen molar-refractivity contribution in [2.24, 2.45) is 11.0 Å². The lowest BCUT2D eigenvalue weighted by molar-refractivity contribution is -0.145. The molecule has 0 spiro atoms. The van der Waals surface area contributed by atoms with E-state index >= 15 is 0 Å². The number of rotatable bonds is 9. The number of hydrazone groups is 1. The Morgan fingerprint density at radius 2 is 1.96 bits per heavy atom. The Labute approximate surface area is 163 Å². The molecule has 0 fully saturated rings. The van der Waals surface area contributed by atoms with Gasteiger partial charge in [-0.15, -0.1) is 0 Å². The molecule has 0 saturated heterocycles. The first kappa shape index (κ1) is 22.3. The van der Waals surface area contributed by atoms with Crippen LogP contribution in [0.3, 0.4) is 0 Å². The first-order chi connectivity index (χ1) is 12.3. The number of nitrogens with zero attached hydrogens (tertiary/aromatic N) is 1. The Bertz CT molecular complexity index is 665. The Morgan fingerprint density at radius 3 is 2.54 bits per heavy atom. The summed E-state index contributed by atoms with van der Waals surface area (Å²) in [5.41, 5.74) is 2.90. The van der Waals surface area contributed by atoms with Gasteiger partial charge in [0.05, 0.1) is 17.5 Å². The van der Waals surface area contributed by atoms with E-state index in [0.29, 0.717) is 34.5 Å². The Morgan fingerprint density at radius 1 is 1.27 bits per heavy atom. The predicted octanol–water partition coefficient (Wildman–Crippen LogP) is 4.23. The van der Waals surface area contributed by atoms with Crippen LogP contribution in [0, 0.1) is 5.92 Å². The van der Waals surface area contributed by atoms with Crippen LogP contribution in [0.25, 0.3) is 0 Å². The number of nitrogens with one attached hydrogen (secondary N) is 1. The summed E-state index contributed by atoms with van der Waals surface area (Å²) in [6.07, 6.45) is 0.549. The lowest BCUT2D eigenvalue weighted by Gasteiger charge is -2.16. The summed E-state index contributed by atoms with van der Waals surface area (Å²) in [6, 6.07) is 4.73. The molecule has 0 aromatic heterocycles. The van der Waals surface area contributed by atoms with Gasteiger partial charge in [-0.2, -0.15) is 5.10 Å². The fourth-order valence-corrected chi connectivity index (χ4v) is 2.61. The molecule has 6 nitrogen and oxygen atoms in total. The van der Waals surface area contributed by atoms with Crippen LogP contribution < -0.4 is 10.2 Å². The van der Waals surface area contributed by atoms with Gasteiger partial charge in [0.2, 0.25) is 0 Å². The summed E-state index contributed by atoms with van der Waals surface area (Å²) >= 11 is 11.9. The van der Waals surface area contributed by atoms with Crippen molar-refractivity contribution in [2.75, 3.05) is 6.61 Å². The monoisotopic (exact) mass is 402 g/mol. The molecule has 0 bridgehead atoms. The highest BCUT2D eigenvalue weighted by Crippen LogP contribution is 2.28. The topological polar surface area (TPSA) is 77.0 Å². The molecule has 1 amide bonds. The highest BCUT2D eigenvalue weighted by Gasteiger charge is 2.23. The number of carbonyl (C=O) groups excluding carboxylic acids is 2. The Hall–Kier alpha value is -1.79. The van der Waals surface area contributed by atoms with Crippen molar-refractivity contribution in [1.82, 2.24) is 5.43 Å². The van der Waals surface area contributed by atoms with E-state index in [9.17, 15) is 9.59 Å². The van der Waals surface area contributed by atoms with Crippen molar-refractivity contribution in [3.63, 3.8) is 0 Å². The summed E-state index contributed by atoms with van der Waals surface area (Å²) in [6.45, 7) is 7.25. The largest absolute Gasteiger partial charge is 0.479 e. The average molecular weight is 403 g/mol. The van der Waals surface area contributed by atoms with Gasteiger partial charge in [0.25, 0.3) is 5.91 Å². The average Bonchev–Trinajstić information content (AvgIpc) is 2.59. The maximum absolute atomic E-state index is 12.2. The number of benzene rings is 1. The number of hydrogen-bond acceptors (Lipinski definition) is 5. The SMILES string of the molecule is CCC[C@H](C(=O)OCC)/C(C)=N/NC(=O)[C@@H](C)Oc1ccc(Cl)cc1Cl. The summed E-state index contributed by atoms with van der Waals surface area (Å²) in [7, 11) is 0. The summed E-state index contributed by atoms with van der Waals surface area (Å²) in [4.78, 5) is 24.2. The van der Waals surface area contributed by atoms with Crippen LogP contribution in [0.15, 0.2) is 23.3 Å². The molecular weight excluding hydrogens is 379 g/mol. The van der Waals surface area contributed by atoms with E-state index in [1.54, 1.807) is 32.9 Å². The van der Waals surface area contributed by atoms with E-state index in [-0.39, 0.29) is 5.97 Å². The van der Waals surface area contributed by atoms with Gasteiger partial charge >= 0.3 is 5.97 Å². The second-order valence-corrected chi connectivity index (χ2v) is 6.50. The molecule has 8 heteroatoms. The van der Waals surface area contributed by atoms with Gasteiger partial charge in [-0.1, -0.05) is 36.5 Å². The van der Waals surface area contributed by atoms with Crippen molar-refractivity contribution >= 4 is 40.8 Å². The highest BCUT2D eigenvalue weighted by atomic mass is 35.5. The quantitative estimate of drug-likeness (QED) is 0.380. The number of esters is 1. The molecule has 1 N–H and O–H groups in total. The molecule has 2 atom stereocenters. The first-order valence-corrected chi connectivity index (χ1v) is 9.18. The van der Waals surface area contributed by atoms with E-state index in [1.807, 2.05) is 6.92 Å². The Kier molecular flexibility index (Phi) is 9.44. The molecule has 0 aliphatic carbocycles. The smallest absolute Gasteiger partial charge is 0.314 e. The van der Waals surface area contributed by atoms with Crippen LogP contribution in [0.1, 0.15) is 40.5 Å². The van der Waals surface area contributed by atoms with E-state index in [4.69, 9.17) is 32.7 Å². The number of halogens is 2. The van der Waals surface area contributed by atoms with Crippen molar-refractivity contribution < 1.29 is 19.1 Å². The molecule has 0 aliphatic rings. The second-order valence-electron chi connectivity index (χ2n) is 5.66. The van der Waals surface area contributed by atoms with Crippen LogP contribution in [0.4, 0.5) is 0 Å². The van der Waals surface area contributed by atoms with Crippen molar-refractivity contribution in [3.05, 3.63) is 28.2 Å². The van der Waals surface area contributed by atoms with Crippen LogP contribution in [0.2, 0.25) is 10.0 Å². The van der Waals surface area contributed by atoms with Gasteiger partial charge in [0, 0.05) is 10.7 Å². The van der Waals surface area contributed by atoms with E-state index in [2.05, 4.69) is 10.5 Å². The summed E-state index contributed by atoms with van der Waals surface area (Å²) < 4.78 is 10.6. The fourth-order valence-electron chi connectivity index (χ4n) is 2.16. The van der Waals surface area contributed by atoms with Crippen molar-refractivity contribution in [2.45, 2.75) is 46.6 Å². The zero-order valence-electron chi connectivity index (χ0n) is 15.3. The molecule has 1 aromatic carbocycles. The maximum atomic E-state index is 12.2. The fraction of sp³-hybridized carbons (Fsp3) is 0.500. The lowest BCUT2D eigenvalue weighted by atomic mass is 9.99. The van der Waals surface area contributed by atoms with E-state index < -0.39 is 17.9 Å². The third-order valence-electron chi connectivity index (χ3n) is 3.56. The van der Waals surface area contributed by atoms with E-state index in [1.165, 1.54) is 6.07 Å². The minimum absolute atomic E-state index is 0.297. The minimum Gasteiger partial charge on any atom is -0.479 e. The van der Waals surface area contributed by atoms with Gasteiger partial charge in [-0.25, -0.2) is 5.43 Å². The molecule has 0 saturated carbocycles. The number of ether oxygens (including phenoxy) is 2. The third kappa shape index (κ3) is 6.84. The Balaban J connectivity index is 2.71. The molecule has 1 rings (SSSR count). The van der Waals surface area contributed by atoms with Gasteiger partial charge < -0.3 is 9.47 Å². The van der Waals surface area contributed by atoms with Crippen molar-refractivity contribution in [3.8, 4) is 5.75 Å². The predicted molar refractivity (Wildman–Crippen MR) is 103 cm³/mol. The van der Waals surface area contributed by atoms with Crippen LogP contribution in [0.5, 0.6) is 5.75 Å². The van der Waals surface area contributed by atoms with Crippen LogP contribution >= 0.6 is 23.2 Å². The highest BCUT2D eigenvalue weighted by molar-refractivity contribution is 6.35. The third-order valence-corrected chi connectivity index (χ3v) is 4.09. The van der Waals surface area contributed by atoms with Crippen LogP contribution in [-0.4, -0.2) is 30.3 Å². The lowest BCUT2D eigenvalue weighted by Crippen LogP contribution is -2.35. The zero-order chi connectivity index (χ0) is 19.7. The molecule has 144 valence electrons. The molecule has 26 heavy (non-hydrogen) atoms. The molecule has 0 aliphatic heterocycles. The van der Waals surface area contributed by atoms with E-state index in [0.717, 1.165) is 6.42 Å². The maximum Gasteiger partial charge on any atom is 0.314 e. The molecular formula is C18H24Cl2N2O4. The molecule has 1 aromatic rings. The van der Waals surface area contributed by atoms with Gasteiger partial charge in [-0.3, -0.25) is 9.59 Å². The molecule has 0 radical (unpaired) electrons. The summed E-state index contributed by atoms with van der Waals surface area (Å²) in [5.74, 6) is -0.950. The van der Waals surface area contributed by atoms with Gasteiger partial charge in [-0.05, 0) is 45.4 Å². The minimum atomic E-state index is -0.836. The zero-order valence-corrected chi connectivity index (χ0v) is 16.9. The molecule has 0 unspecified atom stereocenters. The first-order valence-electron chi connectivity index (χ1n) is 8.42. The number of hydrogen-bond donors (Lipinski definition) is 1. The normalized spacial score (nSPS) is 13.7. The van der Waals surface area contributed by atoms with Gasteiger partial charge in [0.15, 0.2) is 6.10 Å².